The second kappa shape index (κ2) is 4.91. The van der Waals surface area contributed by atoms with E-state index in [9.17, 15) is 4.79 Å². The minimum Gasteiger partial charge on any atom is -0.478 e. The first-order valence-corrected chi connectivity index (χ1v) is 4.69. The van der Waals surface area contributed by atoms with Crippen molar-refractivity contribution in [3.63, 3.8) is 0 Å². The zero-order chi connectivity index (χ0) is 12.2. The number of aromatic carboxylic acids is 1. The molecule has 0 aliphatic rings. The lowest BCUT2D eigenvalue weighted by Crippen LogP contribution is -2.43. The summed E-state index contributed by atoms with van der Waals surface area (Å²) in [5.41, 5.74) is -0.670. The molecule has 0 unspecified atom stereocenters. The Bertz CT molecular complexity index is 377. The first-order chi connectivity index (χ1) is 7.52. The fourth-order valence-electron chi connectivity index (χ4n) is 1.13. The Labute approximate surface area is 92.6 Å². The van der Waals surface area contributed by atoms with Gasteiger partial charge in [0.25, 0.3) is 0 Å². The predicted molar refractivity (Wildman–Crippen MR) is 57.4 cm³/mol. The second-order valence-corrected chi connectivity index (χ2v) is 3.73. The van der Waals surface area contributed by atoms with Crippen LogP contribution in [0.4, 0.5) is 5.69 Å². The monoisotopic (exact) mass is 226 g/mol. The maximum absolute atomic E-state index is 10.9. The summed E-state index contributed by atoms with van der Waals surface area (Å²) in [6, 6.07) is 1.35. The molecule has 0 spiro atoms. The number of carboxylic acid groups (broad SMARTS) is 1. The molecule has 0 aromatic carbocycles. The average molecular weight is 226 g/mol. The lowest BCUT2D eigenvalue weighted by Gasteiger charge is -2.27. The highest BCUT2D eigenvalue weighted by Crippen LogP contribution is 2.18. The van der Waals surface area contributed by atoms with Gasteiger partial charge in [-0.2, -0.15) is 0 Å². The van der Waals surface area contributed by atoms with Crippen molar-refractivity contribution in [2.45, 2.75) is 12.5 Å². The summed E-state index contributed by atoms with van der Waals surface area (Å²) in [6.45, 7) is 0.931. The lowest BCUT2D eigenvalue weighted by molar-refractivity contribution is 0.0697. The zero-order valence-electron chi connectivity index (χ0n) is 8.84. The van der Waals surface area contributed by atoms with Crippen molar-refractivity contribution in [2.75, 3.05) is 18.5 Å². The molecule has 1 rings (SSSR count). The molecule has 88 valence electrons. The third-order valence-corrected chi connectivity index (χ3v) is 2.19. The summed E-state index contributed by atoms with van der Waals surface area (Å²) in [4.78, 5) is 14.7. The third-order valence-electron chi connectivity index (χ3n) is 2.19. The Morgan fingerprint density at radius 3 is 2.62 bits per heavy atom. The molecule has 1 heterocycles. The molecule has 4 N–H and O–H groups in total. The van der Waals surface area contributed by atoms with Gasteiger partial charge in [0.15, 0.2) is 0 Å². The van der Waals surface area contributed by atoms with E-state index in [1.54, 1.807) is 6.92 Å². The van der Waals surface area contributed by atoms with Crippen LogP contribution in [0.1, 0.15) is 17.3 Å². The van der Waals surface area contributed by atoms with Gasteiger partial charge in [-0.25, -0.2) is 4.79 Å². The first-order valence-electron chi connectivity index (χ1n) is 4.69. The number of aliphatic hydroxyl groups excluding tert-OH is 2. The number of rotatable bonds is 5. The topological polar surface area (TPSA) is 103 Å². The molecule has 16 heavy (non-hydrogen) atoms. The van der Waals surface area contributed by atoms with Crippen molar-refractivity contribution in [3.05, 3.63) is 24.0 Å². The van der Waals surface area contributed by atoms with Crippen LogP contribution in [0.3, 0.4) is 0 Å². The van der Waals surface area contributed by atoms with E-state index in [1.807, 2.05) is 0 Å². The maximum atomic E-state index is 10.9. The van der Waals surface area contributed by atoms with Crippen LogP contribution in [0.25, 0.3) is 0 Å². The Balaban J connectivity index is 3.01. The number of carbonyl (C=O) groups is 1. The minimum absolute atomic E-state index is 0.0446. The molecule has 0 aliphatic carbocycles. The fourth-order valence-corrected chi connectivity index (χ4v) is 1.13. The smallest absolute Gasteiger partial charge is 0.337 e. The molecule has 0 aliphatic heterocycles. The normalized spacial score (nSPS) is 11.2. The summed E-state index contributed by atoms with van der Waals surface area (Å²) >= 11 is 0. The Morgan fingerprint density at radius 1 is 1.50 bits per heavy atom. The van der Waals surface area contributed by atoms with Crippen LogP contribution in [0.15, 0.2) is 18.5 Å². The largest absolute Gasteiger partial charge is 0.478 e. The Morgan fingerprint density at radius 2 is 2.12 bits per heavy atom. The van der Waals surface area contributed by atoms with E-state index < -0.39 is 11.5 Å². The number of nitrogens with zero attached hydrogens (tertiary/aromatic N) is 1. The molecule has 0 radical (unpaired) electrons. The number of hydrogen-bond acceptors (Lipinski definition) is 5. The number of carboxylic acids is 1. The van der Waals surface area contributed by atoms with Crippen LogP contribution >= 0.6 is 0 Å². The van der Waals surface area contributed by atoms with Gasteiger partial charge in [-0.15, -0.1) is 0 Å². The number of aromatic nitrogens is 1. The van der Waals surface area contributed by atoms with Gasteiger partial charge in [-0.1, -0.05) is 0 Å². The minimum atomic E-state index is -1.09. The summed E-state index contributed by atoms with van der Waals surface area (Å²) in [5, 5.41) is 29.8. The fraction of sp³-hybridized carbons (Fsp3) is 0.400. The quantitative estimate of drug-likeness (QED) is 0.560. The number of anilines is 1. The Hall–Kier alpha value is -1.66. The van der Waals surface area contributed by atoms with Crippen molar-refractivity contribution in [3.8, 4) is 0 Å². The number of pyridine rings is 1. The van der Waals surface area contributed by atoms with Crippen molar-refractivity contribution in [1.82, 2.24) is 4.98 Å². The molecule has 0 saturated carbocycles. The summed E-state index contributed by atoms with van der Waals surface area (Å²) in [5.74, 6) is -1.09. The van der Waals surface area contributed by atoms with Crippen LogP contribution < -0.4 is 5.32 Å². The predicted octanol–water partition coefficient (Wildman–Crippen LogP) is -0.0650. The molecule has 6 heteroatoms. The van der Waals surface area contributed by atoms with E-state index in [1.165, 1.54) is 18.5 Å². The van der Waals surface area contributed by atoms with Gasteiger partial charge in [0, 0.05) is 6.20 Å². The van der Waals surface area contributed by atoms with Gasteiger partial charge in [-0.05, 0) is 13.0 Å². The Kier molecular flexibility index (Phi) is 3.81. The molecule has 0 bridgehead atoms. The highest BCUT2D eigenvalue weighted by molar-refractivity contribution is 5.93. The number of hydrogen-bond donors (Lipinski definition) is 4. The first kappa shape index (κ1) is 12.4. The molecular formula is C10H14N2O4. The summed E-state index contributed by atoms with van der Waals surface area (Å²) in [6.07, 6.45) is 2.71. The van der Waals surface area contributed by atoms with Crippen LogP contribution in [-0.2, 0) is 0 Å². The molecule has 1 aromatic heterocycles. The van der Waals surface area contributed by atoms with Crippen LogP contribution in [0.2, 0.25) is 0 Å². The number of aliphatic hydroxyl groups is 2. The average Bonchev–Trinajstić information content (AvgIpc) is 2.29. The SMILES string of the molecule is CC(CO)(CO)Nc1cnccc1C(=O)O. The molecule has 0 amide bonds. The van der Waals surface area contributed by atoms with E-state index >= 15 is 0 Å². The van der Waals surface area contributed by atoms with Crippen molar-refractivity contribution in [1.29, 1.82) is 0 Å². The molecule has 6 nitrogen and oxygen atoms in total. The number of nitrogens with one attached hydrogen (secondary N) is 1. The molecular weight excluding hydrogens is 212 g/mol. The van der Waals surface area contributed by atoms with Gasteiger partial charge in [0.05, 0.1) is 36.2 Å². The van der Waals surface area contributed by atoms with Crippen molar-refractivity contribution in [2.24, 2.45) is 0 Å². The molecule has 0 saturated heterocycles. The van der Waals surface area contributed by atoms with Crippen LogP contribution in [0, 0.1) is 0 Å². The molecule has 0 atom stereocenters. The van der Waals surface area contributed by atoms with Crippen molar-refractivity contribution >= 4 is 11.7 Å². The van der Waals surface area contributed by atoms with Gasteiger partial charge in [-0.3, -0.25) is 4.98 Å². The van der Waals surface area contributed by atoms with Crippen LogP contribution in [0.5, 0.6) is 0 Å². The van der Waals surface area contributed by atoms with E-state index in [2.05, 4.69) is 10.3 Å². The lowest BCUT2D eigenvalue weighted by atomic mass is 10.0. The van der Waals surface area contributed by atoms with E-state index in [0.29, 0.717) is 0 Å². The van der Waals surface area contributed by atoms with E-state index in [0.717, 1.165) is 0 Å². The zero-order valence-corrected chi connectivity index (χ0v) is 8.84. The van der Waals surface area contributed by atoms with Crippen molar-refractivity contribution < 1.29 is 20.1 Å². The third kappa shape index (κ3) is 2.68. The van der Waals surface area contributed by atoms with Gasteiger partial charge in [0.1, 0.15) is 0 Å². The molecule has 0 fully saturated rings. The summed E-state index contributed by atoms with van der Waals surface area (Å²) < 4.78 is 0. The van der Waals surface area contributed by atoms with Gasteiger partial charge < -0.3 is 20.6 Å². The van der Waals surface area contributed by atoms with E-state index in [-0.39, 0.29) is 24.5 Å². The van der Waals surface area contributed by atoms with Crippen LogP contribution in [-0.4, -0.2) is 45.0 Å². The highest BCUT2D eigenvalue weighted by Gasteiger charge is 2.24. The summed E-state index contributed by atoms with van der Waals surface area (Å²) in [7, 11) is 0. The highest BCUT2D eigenvalue weighted by atomic mass is 16.4. The van der Waals surface area contributed by atoms with Gasteiger partial charge in [0.2, 0.25) is 0 Å². The van der Waals surface area contributed by atoms with Gasteiger partial charge >= 0.3 is 5.97 Å². The maximum Gasteiger partial charge on any atom is 0.337 e. The standard InChI is InChI=1S/C10H14N2O4/c1-10(5-13,6-14)12-8-4-11-3-2-7(8)9(15)16/h2-4,12-14H,5-6H2,1H3,(H,15,16). The van der Waals surface area contributed by atoms with E-state index in [4.69, 9.17) is 15.3 Å². The second-order valence-electron chi connectivity index (χ2n) is 3.73. The molecule has 1 aromatic rings.